The number of ether oxygens (including phenoxy) is 2. The van der Waals surface area contributed by atoms with Gasteiger partial charge in [0.15, 0.2) is 6.29 Å². The fraction of sp³-hybridized carbons (Fsp3) is 0.333. The SMILES string of the molecule is C#CCSc1ccc(C(OC)OC)cc1. The first-order chi connectivity index (χ1) is 7.31. The Hall–Kier alpha value is -0.950. The summed E-state index contributed by atoms with van der Waals surface area (Å²) in [5.41, 5.74) is 1.00. The average Bonchev–Trinajstić information content (AvgIpc) is 2.29. The maximum Gasteiger partial charge on any atom is 0.183 e. The van der Waals surface area contributed by atoms with Crippen LogP contribution in [0.2, 0.25) is 0 Å². The summed E-state index contributed by atoms with van der Waals surface area (Å²) < 4.78 is 10.3. The minimum Gasteiger partial charge on any atom is -0.352 e. The normalized spacial score (nSPS) is 10.3. The summed E-state index contributed by atoms with van der Waals surface area (Å²) in [6, 6.07) is 8.00. The molecular formula is C12H14O2S. The van der Waals surface area contributed by atoms with Gasteiger partial charge in [0.05, 0.1) is 5.75 Å². The van der Waals surface area contributed by atoms with Crippen LogP contribution in [0.15, 0.2) is 29.2 Å². The van der Waals surface area contributed by atoms with Gasteiger partial charge < -0.3 is 9.47 Å². The molecule has 0 aromatic heterocycles. The summed E-state index contributed by atoms with van der Waals surface area (Å²) in [4.78, 5) is 1.16. The van der Waals surface area contributed by atoms with Gasteiger partial charge in [-0.2, -0.15) is 0 Å². The fourth-order valence-electron chi connectivity index (χ4n) is 1.21. The van der Waals surface area contributed by atoms with Gasteiger partial charge in [0.25, 0.3) is 0 Å². The third-order valence-electron chi connectivity index (χ3n) is 1.90. The van der Waals surface area contributed by atoms with Gasteiger partial charge in [-0.25, -0.2) is 0 Å². The third kappa shape index (κ3) is 3.60. The molecule has 0 spiro atoms. The zero-order valence-corrected chi connectivity index (χ0v) is 9.71. The van der Waals surface area contributed by atoms with Crippen LogP contribution in [-0.2, 0) is 9.47 Å². The van der Waals surface area contributed by atoms with Crippen LogP contribution in [-0.4, -0.2) is 20.0 Å². The third-order valence-corrected chi connectivity index (χ3v) is 2.82. The molecular weight excluding hydrogens is 208 g/mol. The van der Waals surface area contributed by atoms with E-state index in [2.05, 4.69) is 5.92 Å². The van der Waals surface area contributed by atoms with Crippen LogP contribution in [0.4, 0.5) is 0 Å². The lowest BCUT2D eigenvalue weighted by Gasteiger charge is -2.13. The van der Waals surface area contributed by atoms with Crippen molar-refractivity contribution in [2.75, 3.05) is 20.0 Å². The Balaban J connectivity index is 2.67. The van der Waals surface area contributed by atoms with Crippen molar-refractivity contribution in [3.05, 3.63) is 29.8 Å². The van der Waals surface area contributed by atoms with Crippen molar-refractivity contribution < 1.29 is 9.47 Å². The van der Waals surface area contributed by atoms with Gasteiger partial charge >= 0.3 is 0 Å². The number of hydrogen-bond donors (Lipinski definition) is 0. The molecule has 80 valence electrons. The van der Waals surface area contributed by atoms with Crippen molar-refractivity contribution in [3.63, 3.8) is 0 Å². The summed E-state index contributed by atoms with van der Waals surface area (Å²) in [6.07, 6.45) is 4.89. The second-order valence-corrected chi connectivity index (χ2v) is 3.91. The predicted molar refractivity (Wildman–Crippen MR) is 62.8 cm³/mol. The van der Waals surface area contributed by atoms with Crippen LogP contribution < -0.4 is 0 Å². The average molecular weight is 222 g/mol. The molecule has 2 nitrogen and oxygen atoms in total. The molecule has 15 heavy (non-hydrogen) atoms. The zero-order valence-electron chi connectivity index (χ0n) is 8.90. The zero-order chi connectivity index (χ0) is 11.1. The lowest BCUT2D eigenvalue weighted by Crippen LogP contribution is -2.02. The van der Waals surface area contributed by atoms with E-state index in [4.69, 9.17) is 15.9 Å². The van der Waals surface area contributed by atoms with Crippen molar-refractivity contribution >= 4 is 11.8 Å². The summed E-state index contributed by atoms with van der Waals surface area (Å²) in [5.74, 6) is 3.28. The van der Waals surface area contributed by atoms with Crippen LogP contribution in [0, 0.1) is 12.3 Å². The van der Waals surface area contributed by atoms with Crippen molar-refractivity contribution in [2.45, 2.75) is 11.2 Å². The highest BCUT2D eigenvalue weighted by Gasteiger charge is 2.07. The van der Waals surface area contributed by atoms with E-state index in [1.807, 2.05) is 24.3 Å². The fourth-order valence-corrected chi connectivity index (χ4v) is 1.79. The Labute approximate surface area is 95.0 Å². The van der Waals surface area contributed by atoms with Gasteiger partial charge in [-0.15, -0.1) is 18.2 Å². The molecule has 0 aliphatic heterocycles. The van der Waals surface area contributed by atoms with Gasteiger partial charge in [-0.3, -0.25) is 0 Å². The number of thioether (sulfide) groups is 1. The molecule has 0 heterocycles. The number of methoxy groups -OCH3 is 2. The Morgan fingerprint density at radius 2 is 1.87 bits per heavy atom. The van der Waals surface area contributed by atoms with E-state index < -0.39 is 0 Å². The predicted octanol–water partition coefficient (Wildman–Crippen LogP) is 2.70. The molecule has 0 radical (unpaired) electrons. The molecule has 1 rings (SSSR count). The molecule has 0 saturated carbocycles. The second kappa shape index (κ2) is 6.52. The minimum absolute atomic E-state index is 0.295. The summed E-state index contributed by atoms with van der Waals surface area (Å²) in [5, 5.41) is 0. The highest BCUT2D eigenvalue weighted by Crippen LogP contribution is 2.22. The maximum absolute atomic E-state index is 5.19. The smallest absolute Gasteiger partial charge is 0.183 e. The molecule has 0 aliphatic carbocycles. The van der Waals surface area contributed by atoms with E-state index in [0.717, 1.165) is 10.5 Å². The second-order valence-electron chi connectivity index (χ2n) is 2.87. The first kappa shape index (κ1) is 12.1. The van der Waals surface area contributed by atoms with Crippen LogP contribution in [0.3, 0.4) is 0 Å². The summed E-state index contributed by atoms with van der Waals surface area (Å²) in [6.45, 7) is 0. The van der Waals surface area contributed by atoms with Gasteiger partial charge in [0.1, 0.15) is 0 Å². The molecule has 1 aromatic carbocycles. The van der Waals surface area contributed by atoms with Gasteiger partial charge in [0.2, 0.25) is 0 Å². The molecule has 0 saturated heterocycles. The Bertz CT molecular complexity index is 322. The highest BCUT2D eigenvalue weighted by molar-refractivity contribution is 7.99. The molecule has 0 aliphatic rings. The number of terminal acetylenes is 1. The summed E-state index contributed by atoms with van der Waals surface area (Å²) >= 11 is 1.64. The number of benzene rings is 1. The van der Waals surface area contributed by atoms with E-state index in [9.17, 15) is 0 Å². The number of hydrogen-bond acceptors (Lipinski definition) is 3. The quantitative estimate of drug-likeness (QED) is 0.433. The minimum atomic E-state index is -0.295. The lowest BCUT2D eigenvalue weighted by molar-refractivity contribution is -0.106. The van der Waals surface area contributed by atoms with Crippen molar-refractivity contribution in [1.82, 2.24) is 0 Å². The first-order valence-corrected chi connectivity index (χ1v) is 5.52. The number of rotatable bonds is 5. The van der Waals surface area contributed by atoms with Crippen LogP contribution in [0.1, 0.15) is 11.9 Å². The van der Waals surface area contributed by atoms with Crippen LogP contribution >= 0.6 is 11.8 Å². The van der Waals surface area contributed by atoms with Crippen LogP contribution in [0.5, 0.6) is 0 Å². The van der Waals surface area contributed by atoms with Gasteiger partial charge in [-0.05, 0) is 12.1 Å². The molecule has 0 N–H and O–H groups in total. The Morgan fingerprint density at radius 1 is 1.27 bits per heavy atom. The first-order valence-electron chi connectivity index (χ1n) is 4.53. The molecule has 3 heteroatoms. The highest BCUT2D eigenvalue weighted by atomic mass is 32.2. The monoisotopic (exact) mass is 222 g/mol. The standard InChI is InChI=1S/C12H14O2S/c1-4-9-15-11-7-5-10(6-8-11)12(13-2)14-3/h1,5-8,12H,9H2,2-3H3. The van der Waals surface area contributed by atoms with Crippen molar-refractivity contribution in [1.29, 1.82) is 0 Å². The van der Waals surface area contributed by atoms with E-state index >= 15 is 0 Å². The molecule has 0 bridgehead atoms. The van der Waals surface area contributed by atoms with Crippen molar-refractivity contribution in [2.24, 2.45) is 0 Å². The Kier molecular flexibility index (Phi) is 5.27. The Morgan fingerprint density at radius 3 is 2.33 bits per heavy atom. The van der Waals surface area contributed by atoms with E-state index in [1.165, 1.54) is 0 Å². The van der Waals surface area contributed by atoms with Crippen LogP contribution in [0.25, 0.3) is 0 Å². The molecule has 0 unspecified atom stereocenters. The van der Waals surface area contributed by atoms with Gasteiger partial charge in [-0.1, -0.05) is 18.1 Å². The molecule has 1 aromatic rings. The van der Waals surface area contributed by atoms with Crippen molar-refractivity contribution in [3.8, 4) is 12.3 Å². The van der Waals surface area contributed by atoms with E-state index in [0.29, 0.717) is 5.75 Å². The van der Waals surface area contributed by atoms with E-state index in [1.54, 1.807) is 26.0 Å². The maximum atomic E-state index is 5.19. The molecule has 0 fully saturated rings. The summed E-state index contributed by atoms with van der Waals surface area (Å²) in [7, 11) is 3.24. The van der Waals surface area contributed by atoms with Gasteiger partial charge in [0, 0.05) is 24.7 Å². The lowest BCUT2D eigenvalue weighted by atomic mass is 10.2. The molecule has 0 amide bonds. The topological polar surface area (TPSA) is 18.5 Å². The largest absolute Gasteiger partial charge is 0.352 e. The van der Waals surface area contributed by atoms with E-state index in [-0.39, 0.29) is 6.29 Å². The molecule has 0 atom stereocenters.